The van der Waals surface area contributed by atoms with E-state index in [0.29, 0.717) is 59.8 Å². The Bertz CT molecular complexity index is 2020. The molecule has 54 heavy (non-hydrogen) atoms. The van der Waals surface area contributed by atoms with Crippen molar-refractivity contribution in [3.05, 3.63) is 83.9 Å². The number of nitrogens with one attached hydrogen (secondary N) is 1. The van der Waals surface area contributed by atoms with Gasteiger partial charge in [-0.25, -0.2) is 29.6 Å². The topological polar surface area (TPSA) is 132 Å². The summed E-state index contributed by atoms with van der Waals surface area (Å²) in [7, 11) is -0.684. The molecule has 290 valence electrons. The van der Waals surface area contributed by atoms with Crippen molar-refractivity contribution in [2.45, 2.75) is 72.9 Å². The van der Waals surface area contributed by atoms with E-state index in [1.54, 1.807) is 32.4 Å². The maximum atomic E-state index is 13.8. The van der Waals surface area contributed by atoms with Gasteiger partial charge in [0.1, 0.15) is 48.1 Å². The lowest BCUT2D eigenvalue weighted by molar-refractivity contribution is 0.0513. The highest BCUT2D eigenvalue weighted by molar-refractivity contribution is 8.32. The Hall–Kier alpha value is -4.88. The Morgan fingerprint density at radius 2 is 1.67 bits per heavy atom. The number of fused-ring (bicyclic) bond motifs is 1. The van der Waals surface area contributed by atoms with Crippen LogP contribution in [0.2, 0.25) is 0 Å². The van der Waals surface area contributed by atoms with E-state index >= 15 is 0 Å². The molecule has 0 aliphatic rings. The Morgan fingerprint density at radius 3 is 2.31 bits per heavy atom. The molecule has 0 atom stereocenters. The van der Waals surface area contributed by atoms with Crippen LogP contribution in [0.1, 0.15) is 69.1 Å². The van der Waals surface area contributed by atoms with Crippen molar-refractivity contribution in [2.75, 3.05) is 44.3 Å². The third kappa shape index (κ3) is 10.6. The van der Waals surface area contributed by atoms with Crippen molar-refractivity contribution in [1.82, 2.24) is 29.6 Å². The van der Waals surface area contributed by atoms with Crippen LogP contribution < -0.4 is 10.1 Å². The average Bonchev–Trinajstić information content (AvgIpc) is 3.70. The minimum Gasteiger partial charge on any atom is -0.489 e. The molecule has 5 rings (SSSR count). The molecule has 0 saturated heterocycles. The van der Waals surface area contributed by atoms with Crippen LogP contribution in [0.25, 0.3) is 33.5 Å². The van der Waals surface area contributed by atoms with Crippen LogP contribution >= 0.6 is 10.0 Å². The Kier molecular flexibility index (Phi) is 13.1. The van der Waals surface area contributed by atoms with Gasteiger partial charge in [0.2, 0.25) is 0 Å². The number of esters is 1. The monoisotopic (exact) mass is 758 g/mol. The Balaban J connectivity index is 1.52. The number of benzene rings is 2. The normalized spacial score (nSPS) is 12.3. The van der Waals surface area contributed by atoms with E-state index < -0.39 is 27.7 Å². The highest BCUT2D eigenvalue weighted by Gasteiger charge is 2.29. The summed E-state index contributed by atoms with van der Waals surface area (Å²) < 4.78 is 26.7. The van der Waals surface area contributed by atoms with Gasteiger partial charge in [-0.3, -0.25) is 4.68 Å². The van der Waals surface area contributed by atoms with Gasteiger partial charge >= 0.3 is 12.1 Å². The molecule has 12 nitrogen and oxygen atoms in total. The van der Waals surface area contributed by atoms with Crippen LogP contribution in [0.3, 0.4) is 0 Å². The first-order valence-corrected chi connectivity index (χ1v) is 21.3. The molecule has 0 unspecified atom stereocenters. The van der Waals surface area contributed by atoms with Crippen molar-refractivity contribution >= 4 is 33.1 Å². The van der Waals surface area contributed by atoms with Gasteiger partial charge in [0.25, 0.3) is 0 Å². The maximum absolute atomic E-state index is 13.8. The standard InChI is InChI=1S/C41H54N6O6S/c1-10-51-39(48)37-34(31-15-17-32(18-16-31)52-25-29-11-13-30(14-12-29)28(2)3)36(45-47(37)22-20-42-40(49)53-41(4,5)6)35-33-19-21-46(38(33)44-26-43-35)27-50-23-24-54(7,8)9/h11-19,21,26,28H,10,20,22-25,27H2,1-9H3,(H,42,49). The first-order chi connectivity index (χ1) is 25.6. The maximum Gasteiger partial charge on any atom is 0.407 e. The van der Waals surface area contributed by atoms with Gasteiger partial charge in [0, 0.05) is 29.4 Å². The predicted octanol–water partition coefficient (Wildman–Crippen LogP) is 8.03. The van der Waals surface area contributed by atoms with Crippen LogP contribution in [0.4, 0.5) is 4.79 Å². The summed E-state index contributed by atoms with van der Waals surface area (Å²) in [5.41, 5.74) is 4.87. The summed E-state index contributed by atoms with van der Waals surface area (Å²) in [6.07, 6.45) is 9.65. The highest BCUT2D eigenvalue weighted by atomic mass is 32.3. The van der Waals surface area contributed by atoms with Crippen molar-refractivity contribution < 1.29 is 28.5 Å². The molecule has 1 amide bonds. The molecular formula is C41H54N6O6S. The molecule has 5 aromatic rings. The first-order valence-electron chi connectivity index (χ1n) is 18.2. The minimum absolute atomic E-state index is 0.149. The molecule has 3 heterocycles. The molecule has 0 radical (unpaired) electrons. The number of rotatable bonds is 16. The molecule has 13 heteroatoms. The second-order valence-electron chi connectivity index (χ2n) is 15.2. The third-order valence-electron chi connectivity index (χ3n) is 8.46. The molecule has 1 N–H and O–H groups in total. The smallest absolute Gasteiger partial charge is 0.407 e. The van der Waals surface area contributed by atoms with Crippen molar-refractivity contribution in [3.8, 4) is 28.3 Å². The van der Waals surface area contributed by atoms with E-state index in [2.05, 4.69) is 67.2 Å². The van der Waals surface area contributed by atoms with Crippen LogP contribution in [0.15, 0.2) is 67.1 Å². The molecule has 0 aliphatic heterocycles. The molecular weight excluding hydrogens is 705 g/mol. The SMILES string of the molecule is CCOC(=O)c1c(-c2ccc(OCc3ccc(C(C)C)cc3)cc2)c(-c2ncnc3c2ccn3COCCS(C)(C)C)nn1CCNC(=O)OC(C)(C)C. The van der Waals surface area contributed by atoms with E-state index in [4.69, 9.17) is 29.0 Å². The zero-order chi connectivity index (χ0) is 39.0. The predicted molar refractivity (Wildman–Crippen MR) is 215 cm³/mol. The highest BCUT2D eigenvalue weighted by Crippen LogP contribution is 2.38. The fourth-order valence-electron chi connectivity index (χ4n) is 5.70. The van der Waals surface area contributed by atoms with Crippen LogP contribution in [0, 0.1) is 0 Å². The molecule has 0 spiro atoms. The fraction of sp³-hybridized carbons (Fsp3) is 0.439. The second-order valence-corrected chi connectivity index (χ2v) is 19.8. The number of carbonyl (C=O) groups excluding carboxylic acids is 2. The summed E-state index contributed by atoms with van der Waals surface area (Å²) in [5, 5.41) is 8.50. The summed E-state index contributed by atoms with van der Waals surface area (Å²) in [4.78, 5) is 35.6. The first kappa shape index (κ1) is 40.3. The quantitative estimate of drug-likeness (QED) is 0.0785. The number of alkyl carbamates (subject to hydrolysis) is 1. The van der Waals surface area contributed by atoms with E-state index in [9.17, 15) is 9.59 Å². The zero-order valence-electron chi connectivity index (χ0n) is 33.0. The molecule has 0 saturated carbocycles. The fourth-order valence-corrected chi connectivity index (χ4v) is 6.32. The van der Waals surface area contributed by atoms with E-state index in [1.807, 2.05) is 41.1 Å². The van der Waals surface area contributed by atoms with Crippen LogP contribution in [0.5, 0.6) is 5.75 Å². The number of amides is 1. The van der Waals surface area contributed by atoms with E-state index in [-0.39, 0.29) is 25.4 Å². The lowest BCUT2D eigenvalue weighted by Crippen LogP contribution is -2.34. The summed E-state index contributed by atoms with van der Waals surface area (Å²) in [6, 6.07) is 17.9. The summed E-state index contributed by atoms with van der Waals surface area (Å²) in [6.45, 7) is 13.4. The van der Waals surface area contributed by atoms with Crippen molar-refractivity contribution in [2.24, 2.45) is 0 Å². The summed E-state index contributed by atoms with van der Waals surface area (Å²) in [5.74, 6) is 1.58. The van der Waals surface area contributed by atoms with Gasteiger partial charge in [0.15, 0.2) is 5.69 Å². The molecule has 0 bridgehead atoms. The van der Waals surface area contributed by atoms with E-state index in [1.165, 1.54) is 11.9 Å². The number of aromatic nitrogens is 5. The van der Waals surface area contributed by atoms with Gasteiger partial charge in [-0.15, -0.1) is 0 Å². The number of ether oxygens (including phenoxy) is 4. The third-order valence-corrected chi connectivity index (χ3v) is 9.85. The molecule has 3 aromatic heterocycles. The Labute approximate surface area is 319 Å². The van der Waals surface area contributed by atoms with Crippen LogP contribution in [-0.2, 0) is 34.1 Å². The molecule has 0 fully saturated rings. The summed E-state index contributed by atoms with van der Waals surface area (Å²) >= 11 is 0. The number of hydrogen-bond acceptors (Lipinski definition) is 9. The van der Waals surface area contributed by atoms with Gasteiger partial charge in [0.05, 0.1) is 19.8 Å². The lowest BCUT2D eigenvalue weighted by atomic mass is 10.00. The van der Waals surface area contributed by atoms with Gasteiger partial charge < -0.3 is 28.8 Å². The molecule has 0 aliphatic carbocycles. The zero-order valence-corrected chi connectivity index (χ0v) is 33.8. The Morgan fingerprint density at radius 1 is 0.944 bits per heavy atom. The average molecular weight is 759 g/mol. The minimum atomic E-state index is -0.684. The van der Waals surface area contributed by atoms with Gasteiger partial charge in [-0.05, 0) is 87.3 Å². The van der Waals surface area contributed by atoms with Gasteiger partial charge in [-0.1, -0.05) is 50.2 Å². The molecule has 2 aromatic carbocycles. The van der Waals surface area contributed by atoms with Crippen LogP contribution in [-0.4, -0.2) is 86.3 Å². The number of hydrogen-bond donors (Lipinski definition) is 1. The van der Waals surface area contributed by atoms with Crippen molar-refractivity contribution in [3.63, 3.8) is 0 Å². The number of nitrogens with zero attached hydrogens (tertiary/aromatic N) is 5. The van der Waals surface area contributed by atoms with E-state index in [0.717, 1.165) is 16.7 Å². The van der Waals surface area contributed by atoms with Crippen molar-refractivity contribution in [1.29, 1.82) is 0 Å². The largest absolute Gasteiger partial charge is 0.489 e. The number of carbonyl (C=O) groups is 2. The second kappa shape index (κ2) is 17.5. The lowest BCUT2D eigenvalue weighted by Gasteiger charge is -2.24. The van der Waals surface area contributed by atoms with Gasteiger partial charge in [-0.2, -0.15) is 5.10 Å².